The Bertz CT molecular complexity index is 714. The number of aromatic nitrogens is 2. The van der Waals surface area contributed by atoms with E-state index in [1.165, 1.54) is 6.20 Å². The van der Waals surface area contributed by atoms with Gasteiger partial charge < -0.3 is 10.1 Å². The lowest BCUT2D eigenvalue weighted by molar-refractivity contribution is -0.387. The van der Waals surface area contributed by atoms with E-state index >= 15 is 0 Å². The summed E-state index contributed by atoms with van der Waals surface area (Å²) < 4.78 is 32.2. The standard InChI is InChI=1S/C11H7ClF2N4O3/c1-15-11-16-4-5(12)10(17-11)21-9-3-6(13)8(18(19)20)2-7(9)14/h2-4H,1H3,(H,15,16,17). The molecule has 2 aromatic rings. The van der Waals surface area contributed by atoms with Crippen molar-refractivity contribution >= 4 is 23.2 Å². The van der Waals surface area contributed by atoms with Gasteiger partial charge in [0.1, 0.15) is 5.02 Å². The van der Waals surface area contributed by atoms with E-state index in [9.17, 15) is 18.9 Å². The molecule has 0 spiro atoms. The van der Waals surface area contributed by atoms with Crippen molar-refractivity contribution < 1.29 is 18.4 Å². The minimum atomic E-state index is -1.24. The molecule has 2 rings (SSSR count). The molecule has 1 aromatic heterocycles. The van der Waals surface area contributed by atoms with Crippen molar-refractivity contribution in [1.82, 2.24) is 9.97 Å². The SMILES string of the molecule is CNc1ncc(Cl)c(Oc2cc(F)c([N+](=O)[O-])cc2F)n1. The molecule has 0 aliphatic rings. The molecule has 0 fully saturated rings. The first-order valence-electron chi connectivity index (χ1n) is 5.44. The van der Waals surface area contributed by atoms with Gasteiger partial charge in [0.05, 0.1) is 17.2 Å². The molecule has 0 bridgehead atoms. The predicted octanol–water partition coefficient (Wildman–Crippen LogP) is 3.15. The Kier molecular flexibility index (Phi) is 4.13. The monoisotopic (exact) mass is 316 g/mol. The highest BCUT2D eigenvalue weighted by Gasteiger charge is 2.20. The van der Waals surface area contributed by atoms with Gasteiger partial charge in [-0.25, -0.2) is 9.37 Å². The van der Waals surface area contributed by atoms with E-state index in [0.717, 1.165) is 0 Å². The van der Waals surface area contributed by atoms with Crippen LogP contribution in [0.4, 0.5) is 20.4 Å². The molecule has 0 saturated carbocycles. The highest BCUT2D eigenvalue weighted by molar-refractivity contribution is 6.31. The predicted molar refractivity (Wildman–Crippen MR) is 69.7 cm³/mol. The summed E-state index contributed by atoms with van der Waals surface area (Å²) in [6, 6.07) is 0.962. The first kappa shape index (κ1) is 14.9. The number of rotatable bonds is 4. The molecule has 7 nitrogen and oxygen atoms in total. The normalized spacial score (nSPS) is 10.3. The van der Waals surface area contributed by atoms with Gasteiger partial charge in [0.15, 0.2) is 11.6 Å². The molecule has 0 atom stereocenters. The molecule has 1 heterocycles. The molecule has 1 aromatic carbocycles. The van der Waals surface area contributed by atoms with Crippen LogP contribution >= 0.6 is 11.6 Å². The zero-order chi connectivity index (χ0) is 15.6. The van der Waals surface area contributed by atoms with E-state index in [1.54, 1.807) is 7.05 Å². The van der Waals surface area contributed by atoms with Gasteiger partial charge in [0.25, 0.3) is 0 Å². The van der Waals surface area contributed by atoms with Crippen molar-refractivity contribution in [1.29, 1.82) is 0 Å². The van der Waals surface area contributed by atoms with E-state index in [1.807, 2.05) is 0 Å². The molecular weight excluding hydrogens is 310 g/mol. The smallest absolute Gasteiger partial charge is 0.307 e. The highest BCUT2D eigenvalue weighted by Crippen LogP contribution is 2.32. The summed E-state index contributed by atoms with van der Waals surface area (Å²) in [6.45, 7) is 0. The minimum absolute atomic E-state index is 0.0350. The van der Waals surface area contributed by atoms with Gasteiger partial charge in [-0.05, 0) is 0 Å². The Hall–Kier alpha value is -2.55. The molecule has 0 unspecified atom stereocenters. The van der Waals surface area contributed by atoms with Crippen LogP contribution in [0.3, 0.4) is 0 Å². The average molecular weight is 317 g/mol. The zero-order valence-corrected chi connectivity index (χ0v) is 11.2. The number of anilines is 1. The van der Waals surface area contributed by atoms with Gasteiger partial charge in [0.2, 0.25) is 17.6 Å². The molecule has 0 aliphatic carbocycles. The fourth-order valence-corrected chi connectivity index (χ4v) is 1.51. The summed E-state index contributed by atoms with van der Waals surface area (Å²) in [6.07, 6.45) is 1.20. The summed E-state index contributed by atoms with van der Waals surface area (Å²) in [5, 5.41) is 13.1. The third-order valence-corrected chi connectivity index (χ3v) is 2.60. The summed E-state index contributed by atoms with van der Waals surface area (Å²) in [7, 11) is 1.54. The maximum atomic E-state index is 13.7. The number of nitro groups is 1. The number of hydrogen-bond acceptors (Lipinski definition) is 6. The zero-order valence-electron chi connectivity index (χ0n) is 10.4. The number of benzene rings is 1. The minimum Gasteiger partial charge on any atom is -0.434 e. The van der Waals surface area contributed by atoms with Crippen LogP contribution in [-0.2, 0) is 0 Å². The van der Waals surface area contributed by atoms with Crippen LogP contribution in [0.15, 0.2) is 18.3 Å². The van der Waals surface area contributed by atoms with E-state index in [4.69, 9.17) is 16.3 Å². The van der Waals surface area contributed by atoms with Crippen LogP contribution in [-0.4, -0.2) is 21.9 Å². The largest absolute Gasteiger partial charge is 0.434 e. The van der Waals surface area contributed by atoms with Crippen LogP contribution in [0.5, 0.6) is 11.6 Å². The number of hydrogen-bond donors (Lipinski definition) is 1. The molecular formula is C11H7ClF2N4O3. The fraction of sp³-hybridized carbons (Fsp3) is 0.0909. The Balaban J connectivity index is 2.40. The van der Waals surface area contributed by atoms with Crippen molar-refractivity contribution in [3.8, 4) is 11.6 Å². The van der Waals surface area contributed by atoms with Crippen molar-refractivity contribution in [3.05, 3.63) is 45.1 Å². The third kappa shape index (κ3) is 3.14. The summed E-state index contributed by atoms with van der Waals surface area (Å²) in [5.74, 6) is -3.01. The van der Waals surface area contributed by atoms with Gasteiger partial charge >= 0.3 is 5.69 Å². The fourth-order valence-electron chi connectivity index (χ4n) is 1.38. The molecule has 10 heteroatoms. The Morgan fingerprint density at radius 2 is 2.10 bits per heavy atom. The Morgan fingerprint density at radius 1 is 1.38 bits per heavy atom. The van der Waals surface area contributed by atoms with Crippen LogP contribution in [0.2, 0.25) is 5.02 Å². The van der Waals surface area contributed by atoms with Crippen LogP contribution in [0, 0.1) is 21.7 Å². The molecule has 1 N–H and O–H groups in total. The summed E-state index contributed by atoms with van der Waals surface area (Å²) >= 11 is 5.77. The van der Waals surface area contributed by atoms with Gasteiger partial charge in [-0.15, -0.1) is 0 Å². The lowest BCUT2D eigenvalue weighted by Gasteiger charge is -2.08. The maximum absolute atomic E-state index is 13.7. The quantitative estimate of drug-likeness (QED) is 0.688. The lowest BCUT2D eigenvalue weighted by Crippen LogP contribution is -2.00. The van der Waals surface area contributed by atoms with Crippen molar-refractivity contribution in [2.75, 3.05) is 12.4 Å². The van der Waals surface area contributed by atoms with Crippen LogP contribution < -0.4 is 10.1 Å². The van der Waals surface area contributed by atoms with Gasteiger partial charge in [0, 0.05) is 13.1 Å². The number of ether oxygens (including phenoxy) is 1. The first-order valence-corrected chi connectivity index (χ1v) is 5.81. The van der Waals surface area contributed by atoms with Gasteiger partial charge in [-0.2, -0.15) is 9.37 Å². The Morgan fingerprint density at radius 3 is 2.71 bits per heavy atom. The van der Waals surface area contributed by atoms with E-state index in [-0.39, 0.29) is 16.9 Å². The lowest BCUT2D eigenvalue weighted by atomic mass is 10.3. The van der Waals surface area contributed by atoms with Gasteiger partial charge in [-0.1, -0.05) is 11.6 Å². The average Bonchev–Trinajstić information content (AvgIpc) is 2.44. The molecule has 0 radical (unpaired) electrons. The number of nitrogens with zero attached hydrogens (tertiary/aromatic N) is 3. The summed E-state index contributed by atoms with van der Waals surface area (Å²) in [5.41, 5.74) is -0.996. The van der Waals surface area contributed by atoms with Crippen molar-refractivity contribution in [2.24, 2.45) is 0 Å². The number of nitro benzene ring substituents is 1. The molecule has 0 saturated heterocycles. The maximum Gasteiger partial charge on any atom is 0.307 e. The first-order chi connectivity index (χ1) is 9.92. The second-order valence-electron chi connectivity index (χ2n) is 3.69. The number of nitrogens with one attached hydrogen (secondary N) is 1. The highest BCUT2D eigenvalue weighted by atomic mass is 35.5. The van der Waals surface area contributed by atoms with Gasteiger partial charge in [-0.3, -0.25) is 10.1 Å². The van der Waals surface area contributed by atoms with Crippen LogP contribution in [0.25, 0.3) is 0 Å². The molecule has 21 heavy (non-hydrogen) atoms. The summed E-state index contributed by atoms with van der Waals surface area (Å²) in [4.78, 5) is 17.0. The molecule has 110 valence electrons. The molecule has 0 aliphatic heterocycles. The van der Waals surface area contributed by atoms with E-state index in [0.29, 0.717) is 12.1 Å². The van der Waals surface area contributed by atoms with Crippen molar-refractivity contribution in [2.45, 2.75) is 0 Å². The third-order valence-electron chi connectivity index (χ3n) is 2.34. The van der Waals surface area contributed by atoms with Crippen molar-refractivity contribution in [3.63, 3.8) is 0 Å². The van der Waals surface area contributed by atoms with E-state index < -0.39 is 28.0 Å². The second kappa shape index (κ2) is 5.83. The number of halogens is 3. The van der Waals surface area contributed by atoms with E-state index in [2.05, 4.69) is 15.3 Å². The Labute approximate surface area is 121 Å². The molecule has 0 amide bonds. The topological polar surface area (TPSA) is 90.2 Å². The second-order valence-corrected chi connectivity index (χ2v) is 4.10. The van der Waals surface area contributed by atoms with Crippen LogP contribution in [0.1, 0.15) is 0 Å².